The van der Waals surface area contributed by atoms with Gasteiger partial charge in [-0.05, 0) is 38.8 Å². The minimum Gasteiger partial charge on any atom is -0.396 e. The number of carbonyl (C=O) groups excluding carboxylic acids is 1. The van der Waals surface area contributed by atoms with E-state index in [2.05, 4.69) is 10.3 Å². The molecule has 0 aliphatic heterocycles. The van der Waals surface area contributed by atoms with Crippen LogP contribution in [0.25, 0.3) is 10.6 Å². The molecule has 2 rings (SSSR count). The highest BCUT2D eigenvalue weighted by Gasteiger charge is 2.20. The van der Waals surface area contributed by atoms with Crippen molar-refractivity contribution >= 4 is 28.5 Å². The van der Waals surface area contributed by atoms with E-state index in [4.69, 9.17) is 16.2 Å². The number of hydrogen-bond acceptors (Lipinski definition) is 6. The number of hydrogen-bond donors (Lipinski definition) is 4. The molecule has 2 aromatic rings. The zero-order chi connectivity index (χ0) is 20.6. The number of thiazole rings is 1. The number of aliphatic hydroxyl groups is 1. The van der Waals surface area contributed by atoms with Crippen molar-refractivity contribution in [2.75, 3.05) is 12.3 Å². The third-order valence-corrected chi connectivity index (χ3v) is 4.36. The Hall–Kier alpha value is -2.58. The van der Waals surface area contributed by atoms with Crippen molar-refractivity contribution in [1.29, 1.82) is 5.41 Å². The topological polar surface area (TPSA) is 112 Å². The van der Waals surface area contributed by atoms with E-state index >= 15 is 0 Å². The first kappa shape index (κ1) is 22.5. The highest BCUT2D eigenvalue weighted by molar-refractivity contribution is 7.19. The van der Waals surface area contributed by atoms with Crippen LogP contribution < -0.4 is 11.1 Å². The van der Waals surface area contributed by atoms with Crippen molar-refractivity contribution in [1.82, 2.24) is 10.3 Å². The molecule has 0 bridgehead atoms. The lowest BCUT2D eigenvalue weighted by atomic mass is 10.1. The van der Waals surface area contributed by atoms with Gasteiger partial charge in [0.25, 0.3) is 5.91 Å². The fraction of sp³-hybridized carbons (Fsp3) is 0.316. The number of aryl methyl sites for hydroxylation is 1. The summed E-state index contributed by atoms with van der Waals surface area (Å²) >= 11 is 1.06. The molecule has 0 spiro atoms. The van der Waals surface area contributed by atoms with Crippen molar-refractivity contribution in [3.8, 4) is 10.6 Å². The maximum atomic E-state index is 14.0. The SMILES string of the molecule is CC(C)=C(C=N)NC(=O)c1nc(-c2c(C)cccc2F)sc1N.CCCO. The number of nitrogens with zero attached hydrogens (tertiary/aromatic N) is 1. The first-order valence-electron chi connectivity index (χ1n) is 8.38. The number of amides is 1. The Labute approximate surface area is 162 Å². The van der Waals surface area contributed by atoms with Gasteiger partial charge in [0, 0.05) is 18.4 Å². The number of allylic oxidation sites excluding steroid dienone is 2. The summed E-state index contributed by atoms with van der Waals surface area (Å²) in [5, 5.41) is 18.3. The number of benzene rings is 1. The molecule has 1 amide bonds. The summed E-state index contributed by atoms with van der Waals surface area (Å²) in [5.74, 6) is -0.922. The molecule has 1 aromatic carbocycles. The number of nitrogens with two attached hydrogens (primary N) is 1. The van der Waals surface area contributed by atoms with E-state index < -0.39 is 11.7 Å². The second-order valence-corrected chi connectivity index (χ2v) is 6.93. The van der Waals surface area contributed by atoms with Gasteiger partial charge in [0.05, 0.1) is 5.70 Å². The Morgan fingerprint density at radius 1 is 1.44 bits per heavy atom. The predicted octanol–water partition coefficient (Wildman–Crippen LogP) is 3.90. The van der Waals surface area contributed by atoms with Crippen LogP contribution in [-0.4, -0.2) is 28.8 Å². The van der Waals surface area contributed by atoms with Crippen LogP contribution in [0.5, 0.6) is 0 Å². The monoisotopic (exact) mass is 392 g/mol. The fourth-order valence-corrected chi connectivity index (χ4v) is 2.93. The summed E-state index contributed by atoms with van der Waals surface area (Å²) < 4.78 is 14.0. The van der Waals surface area contributed by atoms with Crippen molar-refractivity contribution < 1.29 is 14.3 Å². The molecule has 0 radical (unpaired) electrons. The number of anilines is 1. The minimum atomic E-state index is -0.515. The molecule has 0 aliphatic carbocycles. The normalized spacial score (nSPS) is 9.85. The smallest absolute Gasteiger partial charge is 0.277 e. The summed E-state index contributed by atoms with van der Waals surface area (Å²) in [4.78, 5) is 16.5. The molecule has 27 heavy (non-hydrogen) atoms. The van der Waals surface area contributed by atoms with Gasteiger partial charge >= 0.3 is 0 Å². The van der Waals surface area contributed by atoms with Crippen molar-refractivity contribution in [2.45, 2.75) is 34.1 Å². The van der Waals surface area contributed by atoms with Gasteiger partial charge in [-0.15, -0.1) is 0 Å². The average Bonchev–Trinajstić information content (AvgIpc) is 3.00. The van der Waals surface area contributed by atoms with Crippen molar-refractivity contribution in [3.05, 3.63) is 46.5 Å². The van der Waals surface area contributed by atoms with Crippen LogP contribution in [0.3, 0.4) is 0 Å². The van der Waals surface area contributed by atoms with Gasteiger partial charge in [-0.25, -0.2) is 9.37 Å². The van der Waals surface area contributed by atoms with E-state index in [0.29, 0.717) is 22.9 Å². The molecular formula is C19H25FN4O2S. The third-order valence-electron chi connectivity index (χ3n) is 3.46. The van der Waals surface area contributed by atoms with Crippen LogP contribution in [0.15, 0.2) is 29.5 Å². The molecule has 0 fully saturated rings. The molecule has 5 N–H and O–H groups in total. The molecule has 6 nitrogen and oxygen atoms in total. The Kier molecular flexibility index (Phi) is 8.77. The lowest BCUT2D eigenvalue weighted by Crippen LogP contribution is -2.25. The predicted molar refractivity (Wildman–Crippen MR) is 109 cm³/mol. The molecule has 146 valence electrons. The first-order chi connectivity index (χ1) is 12.8. The van der Waals surface area contributed by atoms with Gasteiger partial charge in [-0.3, -0.25) is 4.79 Å². The number of rotatable bonds is 5. The van der Waals surface area contributed by atoms with Crippen molar-refractivity contribution in [3.63, 3.8) is 0 Å². The number of nitrogen functional groups attached to an aromatic ring is 1. The number of nitrogens with one attached hydrogen (secondary N) is 2. The van der Waals surface area contributed by atoms with Crippen LogP contribution in [0, 0.1) is 18.2 Å². The lowest BCUT2D eigenvalue weighted by Gasteiger charge is -2.06. The fourth-order valence-electron chi connectivity index (χ4n) is 1.99. The molecule has 0 saturated carbocycles. The minimum absolute atomic E-state index is 0.0354. The Morgan fingerprint density at radius 3 is 2.56 bits per heavy atom. The van der Waals surface area contributed by atoms with Gasteiger partial charge in [-0.2, -0.15) is 0 Å². The first-order valence-corrected chi connectivity index (χ1v) is 9.20. The van der Waals surface area contributed by atoms with E-state index in [1.807, 2.05) is 6.92 Å². The average molecular weight is 393 g/mol. The second-order valence-electron chi connectivity index (χ2n) is 5.90. The standard InChI is InChI=1S/C16H17FN4OS.C3H8O/c1-8(2)11(7-18)20-15(22)13-14(19)23-16(21-13)12-9(3)5-4-6-10(12)17;1-2-3-4/h4-7,18H,19H2,1-3H3,(H,20,22);4H,2-3H2,1H3. The van der Waals surface area contributed by atoms with Crippen LogP contribution in [-0.2, 0) is 0 Å². The third kappa shape index (κ3) is 5.97. The van der Waals surface area contributed by atoms with Gasteiger partial charge in [0.15, 0.2) is 5.69 Å². The number of aliphatic hydroxyl groups excluding tert-OH is 1. The summed E-state index contributed by atoms with van der Waals surface area (Å²) in [5.41, 5.74) is 8.14. The molecule has 1 aromatic heterocycles. The number of halogens is 1. The van der Waals surface area contributed by atoms with Gasteiger partial charge < -0.3 is 21.6 Å². The largest absolute Gasteiger partial charge is 0.396 e. The Bertz CT molecular complexity index is 820. The summed E-state index contributed by atoms with van der Waals surface area (Å²) in [6, 6.07) is 4.73. The lowest BCUT2D eigenvalue weighted by molar-refractivity contribution is 0.0964. The van der Waals surface area contributed by atoms with E-state index in [9.17, 15) is 9.18 Å². The second kappa shape index (κ2) is 10.5. The van der Waals surface area contributed by atoms with Gasteiger partial charge in [-0.1, -0.05) is 36.0 Å². The van der Waals surface area contributed by atoms with E-state index in [0.717, 1.165) is 35.1 Å². The van der Waals surface area contributed by atoms with Crippen LogP contribution in [0.1, 0.15) is 43.2 Å². The maximum absolute atomic E-state index is 14.0. The molecular weight excluding hydrogens is 367 g/mol. The Morgan fingerprint density at radius 2 is 2.07 bits per heavy atom. The highest BCUT2D eigenvalue weighted by Crippen LogP contribution is 2.33. The van der Waals surface area contributed by atoms with E-state index in [1.54, 1.807) is 32.9 Å². The van der Waals surface area contributed by atoms with Crippen LogP contribution in [0.4, 0.5) is 9.39 Å². The number of carbonyl (C=O) groups is 1. The van der Waals surface area contributed by atoms with Gasteiger partial charge in [0.1, 0.15) is 15.8 Å². The molecule has 0 saturated heterocycles. The summed E-state index contributed by atoms with van der Waals surface area (Å²) in [6.45, 7) is 7.57. The van der Waals surface area contributed by atoms with E-state index in [-0.39, 0.29) is 10.7 Å². The number of aromatic nitrogens is 1. The zero-order valence-electron chi connectivity index (χ0n) is 15.9. The van der Waals surface area contributed by atoms with Crippen molar-refractivity contribution in [2.24, 2.45) is 0 Å². The Balaban J connectivity index is 0.000000828. The quantitative estimate of drug-likeness (QED) is 0.578. The van der Waals surface area contributed by atoms with Gasteiger partial charge in [0.2, 0.25) is 0 Å². The summed E-state index contributed by atoms with van der Waals surface area (Å²) in [6.07, 6.45) is 1.93. The highest BCUT2D eigenvalue weighted by atomic mass is 32.1. The van der Waals surface area contributed by atoms with Crippen LogP contribution in [0.2, 0.25) is 0 Å². The molecule has 0 atom stereocenters. The van der Waals surface area contributed by atoms with Crippen LogP contribution >= 0.6 is 11.3 Å². The zero-order valence-corrected chi connectivity index (χ0v) is 16.7. The van der Waals surface area contributed by atoms with E-state index in [1.165, 1.54) is 6.07 Å². The molecule has 0 unspecified atom stereocenters. The molecule has 0 aliphatic rings. The molecule has 8 heteroatoms. The maximum Gasteiger partial charge on any atom is 0.277 e. The molecule has 1 heterocycles. The summed E-state index contributed by atoms with van der Waals surface area (Å²) in [7, 11) is 0.